The third kappa shape index (κ3) is 2.47. The van der Waals surface area contributed by atoms with Gasteiger partial charge in [-0.15, -0.1) is 0 Å². The van der Waals surface area contributed by atoms with Crippen LogP contribution in [0.3, 0.4) is 0 Å². The van der Waals surface area contributed by atoms with Crippen molar-refractivity contribution in [3.05, 3.63) is 0 Å². The van der Waals surface area contributed by atoms with Crippen molar-refractivity contribution in [3.63, 3.8) is 0 Å². The van der Waals surface area contributed by atoms with Crippen molar-refractivity contribution in [2.75, 3.05) is 13.1 Å². The molecule has 0 aliphatic heterocycles. The SMILES string of the molecule is CCC[C@@](CC)(C(=O)O)N(CC)CC. The molecule has 0 aromatic carbocycles. The zero-order chi connectivity index (χ0) is 11.2. The van der Waals surface area contributed by atoms with Gasteiger partial charge < -0.3 is 5.11 Å². The Morgan fingerprint density at radius 2 is 1.71 bits per heavy atom. The van der Waals surface area contributed by atoms with Crippen molar-refractivity contribution >= 4 is 5.97 Å². The van der Waals surface area contributed by atoms with Crippen molar-refractivity contribution in [2.45, 2.75) is 52.5 Å². The average molecular weight is 201 g/mol. The monoisotopic (exact) mass is 201 g/mol. The van der Waals surface area contributed by atoms with E-state index in [9.17, 15) is 9.90 Å². The van der Waals surface area contributed by atoms with Gasteiger partial charge in [-0.1, -0.05) is 34.1 Å². The summed E-state index contributed by atoms with van der Waals surface area (Å²) in [6.07, 6.45) is 2.33. The molecule has 3 nitrogen and oxygen atoms in total. The Balaban J connectivity index is 4.89. The third-order valence-corrected chi connectivity index (χ3v) is 3.02. The normalized spacial score (nSPS) is 15.5. The molecule has 0 radical (unpaired) electrons. The molecule has 3 heteroatoms. The maximum absolute atomic E-state index is 11.4. The molecule has 0 aliphatic carbocycles. The molecule has 0 aromatic rings. The summed E-state index contributed by atoms with van der Waals surface area (Å²) in [4.78, 5) is 13.4. The first-order valence-electron chi connectivity index (χ1n) is 5.57. The fraction of sp³-hybridized carbons (Fsp3) is 0.909. The topological polar surface area (TPSA) is 40.5 Å². The molecular formula is C11H23NO2. The lowest BCUT2D eigenvalue weighted by Crippen LogP contribution is -2.54. The number of nitrogens with zero attached hydrogens (tertiary/aromatic N) is 1. The Morgan fingerprint density at radius 3 is 1.93 bits per heavy atom. The number of carboxylic acids is 1. The van der Waals surface area contributed by atoms with Gasteiger partial charge in [0, 0.05) is 0 Å². The minimum atomic E-state index is -0.675. The molecule has 0 unspecified atom stereocenters. The van der Waals surface area contributed by atoms with Crippen molar-refractivity contribution < 1.29 is 9.90 Å². The maximum atomic E-state index is 11.4. The Kier molecular flexibility index (Phi) is 5.77. The fourth-order valence-electron chi connectivity index (χ4n) is 2.19. The molecule has 0 aliphatic rings. The van der Waals surface area contributed by atoms with E-state index in [0.717, 1.165) is 25.9 Å². The van der Waals surface area contributed by atoms with Gasteiger partial charge in [-0.2, -0.15) is 0 Å². The van der Waals surface area contributed by atoms with Crippen LogP contribution in [-0.2, 0) is 4.79 Å². The average Bonchev–Trinajstić information content (AvgIpc) is 2.17. The largest absolute Gasteiger partial charge is 0.480 e. The number of hydrogen-bond donors (Lipinski definition) is 1. The summed E-state index contributed by atoms with van der Waals surface area (Å²) in [5, 5.41) is 9.35. The minimum Gasteiger partial charge on any atom is -0.480 e. The highest BCUT2D eigenvalue weighted by molar-refractivity contribution is 5.78. The predicted octanol–water partition coefficient (Wildman–Crippen LogP) is 2.36. The summed E-state index contributed by atoms with van der Waals surface area (Å²) in [6, 6.07) is 0. The molecule has 84 valence electrons. The van der Waals surface area contributed by atoms with E-state index in [0.29, 0.717) is 6.42 Å². The summed E-state index contributed by atoms with van der Waals surface area (Å²) in [5.41, 5.74) is -0.641. The number of hydrogen-bond acceptors (Lipinski definition) is 2. The lowest BCUT2D eigenvalue weighted by molar-refractivity contribution is -0.152. The van der Waals surface area contributed by atoms with Gasteiger partial charge in [0.25, 0.3) is 0 Å². The molecule has 0 saturated carbocycles. The van der Waals surface area contributed by atoms with Crippen molar-refractivity contribution in [3.8, 4) is 0 Å². The van der Waals surface area contributed by atoms with Crippen LogP contribution in [0, 0.1) is 0 Å². The van der Waals surface area contributed by atoms with Crippen LogP contribution in [0.25, 0.3) is 0 Å². The van der Waals surface area contributed by atoms with E-state index in [1.54, 1.807) is 0 Å². The van der Waals surface area contributed by atoms with Crippen LogP contribution >= 0.6 is 0 Å². The van der Waals surface area contributed by atoms with Crippen LogP contribution in [0.5, 0.6) is 0 Å². The van der Waals surface area contributed by atoms with Gasteiger partial charge >= 0.3 is 5.97 Å². The number of carboxylic acid groups (broad SMARTS) is 1. The van der Waals surface area contributed by atoms with Crippen molar-refractivity contribution in [2.24, 2.45) is 0 Å². The minimum absolute atomic E-state index is 0.641. The van der Waals surface area contributed by atoms with Crippen LogP contribution < -0.4 is 0 Å². The summed E-state index contributed by atoms with van der Waals surface area (Å²) in [6.45, 7) is 9.64. The van der Waals surface area contributed by atoms with Crippen LogP contribution in [0.1, 0.15) is 47.0 Å². The van der Waals surface area contributed by atoms with Crippen LogP contribution in [-0.4, -0.2) is 34.6 Å². The standard InChI is InChI=1S/C11H23NO2/c1-5-9-11(6-2,10(13)14)12(7-3)8-4/h5-9H2,1-4H3,(H,13,14)/t11-/m0/s1. The Bertz CT molecular complexity index is 178. The Morgan fingerprint density at radius 1 is 1.21 bits per heavy atom. The molecule has 14 heavy (non-hydrogen) atoms. The van der Waals surface area contributed by atoms with Crippen LogP contribution in [0.2, 0.25) is 0 Å². The van der Waals surface area contributed by atoms with Gasteiger partial charge in [0.2, 0.25) is 0 Å². The predicted molar refractivity (Wildman–Crippen MR) is 58.5 cm³/mol. The van der Waals surface area contributed by atoms with Gasteiger partial charge in [-0.3, -0.25) is 9.69 Å². The van der Waals surface area contributed by atoms with Gasteiger partial charge in [0.05, 0.1) is 0 Å². The molecule has 0 rings (SSSR count). The van der Waals surface area contributed by atoms with Crippen molar-refractivity contribution in [1.29, 1.82) is 0 Å². The number of carbonyl (C=O) groups is 1. The number of likely N-dealkylation sites (N-methyl/N-ethyl adjacent to an activating group) is 1. The van der Waals surface area contributed by atoms with E-state index in [4.69, 9.17) is 0 Å². The van der Waals surface area contributed by atoms with Gasteiger partial charge in [-0.05, 0) is 25.9 Å². The Labute approximate surface area is 87.1 Å². The molecule has 1 N–H and O–H groups in total. The number of aliphatic carboxylic acids is 1. The van der Waals surface area contributed by atoms with E-state index in [2.05, 4.69) is 4.90 Å². The maximum Gasteiger partial charge on any atom is 0.324 e. The van der Waals surface area contributed by atoms with Gasteiger partial charge in [0.15, 0.2) is 0 Å². The quantitative estimate of drug-likeness (QED) is 0.687. The third-order valence-electron chi connectivity index (χ3n) is 3.02. The van der Waals surface area contributed by atoms with Gasteiger partial charge in [0.1, 0.15) is 5.54 Å². The molecule has 0 fully saturated rings. The second-order valence-corrected chi connectivity index (χ2v) is 3.61. The highest BCUT2D eigenvalue weighted by Gasteiger charge is 2.40. The first-order chi connectivity index (χ1) is 6.58. The molecule has 0 bridgehead atoms. The molecule has 1 atom stereocenters. The fourth-order valence-corrected chi connectivity index (χ4v) is 2.19. The number of rotatable bonds is 7. The second kappa shape index (κ2) is 6.02. The molecule has 0 amide bonds. The molecule has 0 saturated heterocycles. The van der Waals surface area contributed by atoms with E-state index in [1.807, 2.05) is 27.7 Å². The first-order valence-corrected chi connectivity index (χ1v) is 5.57. The summed E-state index contributed by atoms with van der Waals surface area (Å²) >= 11 is 0. The van der Waals surface area contributed by atoms with E-state index in [-0.39, 0.29) is 0 Å². The highest BCUT2D eigenvalue weighted by atomic mass is 16.4. The lowest BCUT2D eigenvalue weighted by atomic mass is 9.88. The van der Waals surface area contributed by atoms with E-state index in [1.165, 1.54) is 0 Å². The summed E-state index contributed by atoms with van der Waals surface area (Å²) < 4.78 is 0. The van der Waals surface area contributed by atoms with E-state index >= 15 is 0 Å². The molecular weight excluding hydrogens is 178 g/mol. The van der Waals surface area contributed by atoms with Crippen molar-refractivity contribution in [1.82, 2.24) is 4.90 Å². The zero-order valence-corrected chi connectivity index (χ0v) is 9.84. The summed E-state index contributed by atoms with van der Waals surface area (Å²) in [7, 11) is 0. The van der Waals surface area contributed by atoms with Gasteiger partial charge in [-0.25, -0.2) is 0 Å². The summed E-state index contributed by atoms with van der Waals surface area (Å²) in [5.74, 6) is -0.675. The van der Waals surface area contributed by atoms with E-state index < -0.39 is 11.5 Å². The zero-order valence-electron chi connectivity index (χ0n) is 9.84. The van der Waals surface area contributed by atoms with Crippen LogP contribution in [0.4, 0.5) is 0 Å². The highest BCUT2D eigenvalue weighted by Crippen LogP contribution is 2.25. The molecule has 0 spiro atoms. The van der Waals surface area contributed by atoms with Crippen LogP contribution in [0.15, 0.2) is 0 Å². The second-order valence-electron chi connectivity index (χ2n) is 3.61. The smallest absolute Gasteiger partial charge is 0.324 e. The molecule has 0 aromatic heterocycles. The first kappa shape index (κ1) is 13.4. The molecule has 0 heterocycles. The lowest BCUT2D eigenvalue weighted by Gasteiger charge is -2.39. The Hall–Kier alpha value is -0.570.